The summed E-state index contributed by atoms with van der Waals surface area (Å²) in [5, 5.41) is 8.10. The molecule has 0 aliphatic carbocycles. The molecule has 0 aromatic carbocycles. The van der Waals surface area contributed by atoms with E-state index in [0.717, 1.165) is 25.8 Å². The van der Waals surface area contributed by atoms with Gasteiger partial charge in [0.25, 0.3) is 6.26 Å². The Hall–Kier alpha value is -1.28. The molecule has 92 valence electrons. The van der Waals surface area contributed by atoms with Crippen molar-refractivity contribution in [3.05, 3.63) is 0 Å². The van der Waals surface area contributed by atoms with Gasteiger partial charge in [-0.3, -0.25) is 4.79 Å². The molecule has 5 nitrogen and oxygen atoms in total. The van der Waals surface area contributed by atoms with Crippen LogP contribution in [0.3, 0.4) is 0 Å². The summed E-state index contributed by atoms with van der Waals surface area (Å²) in [5.74, 6) is -0.150. The molecule has 0 heterocycles. The molecule has 5 heteroatoms. The predicted octanol–water partition coefficient (Wildman–Crippen LogP) is 1.15. The summed E-state index contributed by atoms with van der Waals surface area (Å²) in [5.41, 5.74) is 0. The first kappa shape index (κ1) is 14.7. The van der Waals surface area contributed by atoms with Gasteiger partial charge in [-0.2, -0.15) is 5.26 Å². The Morgan fingerprint density at radius 2 is 2.00 bits per heavy atom. The van der Waals surface area contributed by atoms with Gasteiger partial charge in [-0.25, -0.2) is 0 Å². The minimum atomic E-state index is -0.150. The lowest BCUT2D eigenvalue weighted by molar-refractivity contribution is -0.144. The Labute approximate surface area is 96.9 Å². The predicted molar refractivity (Wildman–Crippen MR) is 59.5 cm³/mol. The molecule has 0 amide bonds. The second-order valence-corrected chi connectivity index (χ2v) is 3.77. The van der Waals surface area contributed by atoms with Gasteiger partial charge in [0.05, 0.1) is 0 Å². The van der Waals surface area contributed by atoms with Crippen LogP contribution in [-0.2, 0) is 14.3 Å². The van der Waals surface area contributed by atoms with E-state index in [-0.39, 0.29) is 5.97 Å². The molecule has 0 rings (SSSR count). The van der Waals surface area contributed by atoms with Crippen molar-refractivity contribution in [1.82, 2.24) is 4.90 Å². The second-order valence-electron chi connectivity index (χ2n) is 3.77. The number of hydrogen-bond acceptors (Lipinski definition) is 5. The topological polar surface area (TPSA) is 62.6 Å². The van der Waals surface area contributed by atoms with Crippen LogP contribution >= 0.6 is 0 Å². The Morgan fingerprint density at radius 1 is 1.25 bits per heavy atom. The first-order chi connectivity index (χ1) is 7.66. The third-order valence-corrected chi connectivity index (χ3v) is 1.99. The lowest BCUT2D eigenvalue weighted by Gasteiger charge is -2.09. The summed E-state index contributed by atoms with van der Waals surface area (Å²) in [6.07, 6.45) is 4.52. The van der Waals surface area contributed by atoms with E-state index in [9.17, 15) is 4.79 Å². The third kappa shape index (κ3) is 10.8. The van der Waals surface area contributed by atoms with Crippen LogP contribution in [0.5, 0.6) is 0 Å². The zero-order chi connectivity index (χ0) is 12.2. The molecule has 0 fully saturated rings. The van der Waals surface area contributed by atoms with E-state index in [0.29, 0.717) is 19.6 Å². The van der Waals surface area contributed by atoms with Gasteiger partial charge in [0.2, 0.25) is 0 Å². The summed E-state index contributed by atoms with van der Waals surface area (Å²) >= 11 is 0. The lowest BCUT2D eigenvalue weighted by atomic mass is 10.2. The van der Waals surface area contributed by atoms with Crippen LogP contribution in [0.25, 0.3) is 0 Å². The van der Waals surface area contributed by atoms with Crippen molar-refractivity contribution in [3.8, 4) is 6.26 Å². The van der Waals surface area contributed by atoms with Crippen molar-refractivity contribution in [1.29, 1.82) is 5.26 Å². The average Bonchev–Trinajstić information content (AvgIpc) is 2.22. The first-order valence-corrected chi connectivity index (χ1v) is 5.48. The van der Waals surface area contributed by atoms with Gasteiger partial charge >= 0.3 is 5.97 Å². The van der Waals surface area contributed by atoms with Crippen LogP contribution in [0.1, 0.15) is 25.7 Å². The maximum atomic E-state index is 11.2. The van der Waals surface area contributed by atoms with Crippen molar-refractivity contribution in [3.63, 3.8) is 0 Å². The summed E-state index contributed by atoms with van der Waals surface area (Å²) in [6, 6.07) is 0. The Kier molecular flexibility index (Phi) is 9.43. The normalized spacial score (nSPS) is 9.88. The number of carbonyl (C=O) groups is 1. The first-order valence-electron chi connectivity index (χ1n) is 5.48. The van der Waals surface area contributed by atoms with Crippen LogP contribution in [-0.4, -0.2) is 44.7 Å². The fourth-order valence-electron chi connectivity index (χ4n) is 1.08. The maximum Gasteiger partial charge on any atom is 0.305 e. The van der Waals surface area contributed by atoms with Gasteiger partial charge in [0.1, 0.15) is 13.2 Å². The van der Waals surface area contributed by atoms with Crippen LogP contribution in [0, 0.1) is 11.5 Å². The van der Waals surface area contributed by atoms with Crippen molar-refractivity contribution >= 4 is 5.97 Å². The highest BCUT2D eigenvalue weighted by molar-refractivity contribution is 5.69. The molecule has 0 N–H and O–H groups in total. The van der Waals surface area contributed by atoms with E-state index in [1.807, 2.05) is 19.0 Å². The highest BCUT2D eigenvalue weighted by Crippen LogP contribution is 2.01. The molecule has 0 radical (unpaired) electrons. The highest BCUT2D eigenvalue weighted by atomic mass is 16.5. The molecule has 0 saturated carbocycles. The van der Waals surface area contributed by atoms with Crippen molar-refractivity contribution in [2.75, 3.05) is 33.9 Å². The fourth-order valence-corrected chi connectivity index (χ4v) is 1.08. The van der Waals surface area contributed by atoms with Crippen LogP contribution in [0.2, 0.25) is 0 Å². The summed E-state index contributed by atoms with van der Waals surface area (Å²) in [7, 11) is 3.87. The van der Waals surface area contributed by atoms with Gasteiger partial charge < -0.3 is 14.4 Å². The van der Waals surface area contributed by atoms with Crippen LogP contribution < -0.4 is 0 Å². The van der Waals surface area contributed by atoms with E-state index in [1.54, 1.807) is 6.26 Å². The van der Waals surface area contributed by atoms with Crippen molar-refractivity contribution in [2.45, 2.75) is 25.7 Å². The van der Waals surface area contributed by atoms with Crippen molar-refractivity contribution < 1.29 is 14.3 Å². The third-order valence-electron chi connectivity index (χ3n) is 1.99. The molecule has 0 aromatic rings. The molecule has 0 aliphatic heterocycles. The minimum absolute atomic E-state index is 0.150. The lowest BCUT2D eigenvalue weighted by Crippen LogP contribution is -2.20. The zero-order valence-corrected chi connectivity index (χ0v) is 10.1. The van der Waals surface area contributed by atoms with Crippen LogP contribution in [0.4, 0.5) is 0 Å². The molecule has 0 aliphatic rings. The van der Waals surface area contributed by atoms with E-state index >= 15 is 0 Å². The Morgan fingerprint density at radius 3 is 2.62 bits per heavy atom. The molecule has 16 heavy (non-hydrogen) atoms. The number of nitriles is 1. The highest BCUT2D eigenvalue weighted by Gasteiger charge is 2.02. The number of carbonyl (C=O) groups excluding carboxylic acids is 1. The van der Waals surface area contributed by atoms with E-state index in [1.165, 1.54) is 0 Å². The summed E-state index contributed by atoms with van der Waals surface area (Å²) in [4.78, 5) is 13.2. The van der Waals surface area contributed by atoms with E-state index in [4.69, 9.17) is 10.00 Å². The average molecular weight is 228 g/mol. The van der Waals surface area contributed by atoms with Gasteiger partial charge in [0.15, 0.2) is 0 Å². The number of likely N-dealkylation sites (N-methyl/N-ethyl adjacent to an activating group) is 1. The molecular weight excluding hydrogens is 208 g/mol. The van der Waals surface area contributed by atoms with Gasteiger partial charge in [0, 0.05) is 13.0 Å². The van der Waals surface area contributed by atoms with Crippen LogP contribution in [0.15, 0.2) is 0 Å². The molecule has 0 spiro atoms. The molecular formula is C11H20N2O3. The van der Waals surface area contributed by atoms with Crippen molar-refractivity contribution in [2.24, 2.45) is 0 Å². The molecule has 0 bridgehead atoms. The second kappa shape index (κ2) is 10.2. The zero-order valence-electron chi connectivity index (χ0n) is 10.1. The van der Waals surface area contributed by atoms with Gasteiger partial charge in [-0.15, -0.1) is 0 Å². The standard InChI is InChI=1S/C11H20N2O3/c1-13(2)7-9-16-11(14)6-4-3-5-8-15-10-12/h3-9H2,1-2H3. The largest absolute Gasteiger partial charge is 0.464 e. The number of ether oxygens (including phenoxy) is 2. The monoisotopic (exact) mass is 228 g/mol. The number of unbranched alkanes of at least 4 members (excludes halogenated alkanes) is 2. The molecule has 0 aromatic heterocycles. The minimum Gasteiger partial charge on any atom is -0.464 e. The fraction of sp³-hybridized carbons (Fsp3) is 0.818. The number of nitrogens with zero attached hydrogens (tertiary/aromatic N) is 2. The number of esters is 1. The number of rotatable bonds is 9. The van der Waals surface area contributed by atoms with E-state index < -0.39 is 0 Å². The van der Waals surface area contributed by atoms with E-state index in [2.05, 4.69) is 4.74 Å². The maximum absolute atomic E-state index is 11.2. The Bertz CT molecular complexity index is 224. The molecule has 0 atom stereocenters. The van der Waals surface area contributed by atoms with Gasteiger partial charge in [-0.1, -0.05) is 0 Å². The SMILES string of the molecule is CN(C)CCOC(=O)CCCCCOC#N. The summed E-state index contributed by atoms with van der Waals surface area (Å²) in [6.45, 7) is 1.64. The summed E-state index contributed by atoms with van der Waals surface area (Å²) < 4.78 is 9.53. The Balaban J connectivity index is 3.21. The quantitative estimate of drug-likeness (QED) is 0.336. The van der Waals surface area contributed by atoms with Gasteiger partial charge in [-0.05, 0) is 33.4 Å². The number of hydrogen-bond donors (Lipinski definition) is 0. The smallest absolute Gasteiger partial charge is 0.305 e. The molecule has 0 saturated heterocycles. The molecule has 0 unspecified atom stereocenters.